The van der Waals surface area contributed by atoms with Crippen LogP contribution in [-0.4, -0.2) is 17.2 Å². The van der Waals surface area contributed by atoms with Gasteiger partial charge in [-0.1, -0.05) is 29.3 Å². The zero-order valence-electron chi connectivity index (χ0n) is 14.0. The minimum Gasteiger partial charge on any atom is -0.504 e. The molecule has 0 aliphatic heterocycles. The number of phenols is 1. The number of phenolic OH excluding ortho intramolecular Hbond substituents is 1. The molecule has 0 amide bonds. The first-order valence-corrected chi connectivity index (χ1v) is 8.44. The molecule has 0 aliphatic rings. The van der Waals surface area contributed by atoms with Crippen LogP contribution in [0.25, 0.3) is 22.4 Å². The number of hydrogen-bond acceptors (Lipinski definition) is 4. The zero-order valence-corrected chi connectivity index (χ0v) is 15.6. The van der Waals surface area contributed by atoms with Crippen molar-refractivity contribution in [2.45, 2.75) is 6.92 Å². The number of halogens is 2. The molecule has 0 aliphatic carbocycles. The van der Waals surface area contributed by atoms with Crippen molar-refractivity contribution in [2.75, 3.05) is 7.11 Å². The monoisotopic (exact) mass is 384 g/mol. The summed E-state index contributed by atoms with van der Waals surface area (Å²) in [5.74, 6) is 0.397. The smallest absolute Gasteiger partial charge is 0.161 e. The standard InChI is InChI=1S/C20H14Cl2N2O2/c1-11-15(10-23)14(12-3-5-16(21)17(22)7-12)9-18(24-11)13-4-6-19(25)20(8-13)26-2/h3-9,25H,1-2H3. The minimum absolute atomic E-state index is 0.0475. The Morgan fingerprint density at radius 2 is 1.77 bits per heavy atom. The van der Waals surface area contributed by atoms with Crippen molar-refractivity contribution in [2.24, 2.45) is 0 Å². The van der Waals surface area contributed by atoms with Gasteiger partial charge in [0.2, 0.25) is 0 Å². The molecule has 6 heteroatoms. The van der Waals surface area contributed by atoms with E-state index in [0.29, 0.717) is 38.3 Å². The lowest BCUT2D eigenvalue weighted by atomic mass is 9.97. The van der Waals surface area contributed by atoms with Crippen LogP contribution in [0.1, 0.15) is 11.3 Å². The van der Waals surface area contributed by atoms with Gasteiger partial charge in [-0.3, -0.25) is 4.98 Å². The molecule has 4 nitrogen and oxygen atoms in total. The lowest BCUT2D eigenvalue weighted by Gasteiger charge is -2.12. The molecule has 0 bridgehead atoms. The van der Waals surface area contributed by atoms with Crippen molar-refractivity contribution >= 4 is 23.2 Å². The van der Waals surface area contributed by atoms with Crippen LogP contribution in [0.5, 0.6) is 11.5 Å². The number of aryl methyl sites for hydroxylation is 1. The number of hydrogen-bond donors (Lipinski definition) is 1. The summed E-state index contributed by atoms with van der Waals surface area (Å²) in [6.45, 7) is 1.78. The minimum atomic E-state index is 0.0475. The third-order valence-electron chi connectivity index (χ3n) is 4.02. The summed E-state index contributed by atoms with van der Waals surface area (Å²) in [6.07, 6.45) is 0. The molecular formula is C20H14Cl2N2O2. The molecule has 0 radical (unpaired) electrons. The lowest BCUT2D eigenvalue weighted by molar-refractivity contribution is 0.373. The lowest BCUT2D eigenvalue weighted by Crippen LogP contribution is -1.96. The fourth-order valence-electron chi connectivity index (χ4n) is 2.69. The number of aromatic nitrogens is 1. The second kappa shape index (κ2) is 7.25. The molecule has 0 saturated carbocycles. The van der Waals surface area contributed by atoms with Crippen LogP contribution in [-0.2, 0) is 0 Å². The summed E-state index contributed by atoms with van der Waals surface area (Å²) in [5, 5.41) is 20.2. The molecule has 1 N–H and O–H groups in total. The van der Waals surface area contributed by atoms with Gasteiger partial charge in [-0.2, -0.15) is 5.26 Å². The molecule has 26 heavy (non-hydrogen) atoms. The molecule has 2 aromatic carbocycles. The number of nitriles is 1. The predicted octanol–water partition coefficient (Wildman–Crippen LogP) is 5.62. The summed E-state index contributed by atoms with van der Waals surface area (Å²) in [4.78, 5) is 4.53. The fourth-order valence-corrected chi connectivity index (χ4v) is 2.99. The summed E-state index contributed by atoms with van der Waals surface area (Å²) in [7, 11) is 1.48. The second-order valence-electron chi connectivity index (χ2n) is 5.64. The molecule has 0 unspecified atom stereocenters. The van der Waals surface area contributed by atoms with E-state index < -0.39 is 0 Å². The van der Waals surface area contributed by atoms with Gasteiger partial charge in [0.25, 0.3) is 0 Å². The molecule has 1 aromatic heterocycles. The molecule has 0 spiro atoms. The normalized spacial score (nSPS) is 10.4. The van der Waals surface area contributed by atoms with Crippen LogP contribution >= 0.6 is 23.2 Å². The van der Waals surface area contributed by atoms with Crippen LogP contribution in [0.4, 0.5) is 0 Å². The van der Waals surface area contributed by atoms with Crippen LogP contribution in [0.3, 0.4) is 0 Å². The average molecular weight is 385 g/mol. The summed E-state index contributed by atoms with van der Waals surface area (Å²) in [5.41, 5.74) is 3.96. The number of aromatic hydroxyl groups is 1. The highest BCUT2D eigenvalue weighted by atomic mass is 35.5. The largest absolute Gasteiger partial charge is 0.504 e. The van der Waals surface area contributed by atoms with E-state index in [-0.39, 0.29) is 5.75 Å². The Bertz CT molecular complexity index is 1040. The Morgan fingerprint density at radius 1 is 1.04 bits per heavy atom. The Morgan fingerprint density at radius 3 is 2.42 bits per heavy atom. The highest BCUT2D eigenvalue weighted by Gasteiger charge is 2.15. The number of nitrogens with zero attached hydrogens (tertiary/aromatic N) is 2. The quantitative estimate of drug-likeness (QED) is 0.636. The first kappa shape index (κ1) is 18.1. The van der Waals surface area contributed by atoms with Crippen molar-refractivity contribution in [1.29, 1.82) is 5.26 Å². The van der Waals surface area contributed by atoms with Crippen molar-refractivity contribution in [3.63, 3.8) is 0 Å². The number of ether oxygens (including phenoxy) is 1. The van der Waals surface area contributed by atoms with Crippen molar-refractivity contribution in [1.82, 2.24) is 4.98 Å². The third kappa shape index (κ3) is 3.32. The van der Waals surface area contributed by atoms with Gasteiger partial charge in [0.15, 0.2) is 11.5 Å². The Hall–Kier alpha value is -2.74. The molecule has 3 rings (SSSR count). The van der Waals surface area contributed by atoms with Gasteiger partial charge in [-0.05, 0) is 48.9 Å². The van der Waals surface area contributed by atoms with E-state index in [1.807, 2.05) is 12.1 Å². The maximum Gasteiger partial charge on any atom is 0.161 e. The number of methoxy groups -OCH3 is 1. The van der Waals surface area contributed by atoms with Gasteiger partial charge >= 0.3 is 0 Å². The van der Waals surface area contributed by atoms with Gasteiger partial charge in [0, 0.05) is 11.1 Å². The topological polar surface area (TPSA) is 66.1 Å². The van der Waals surface area contributed by atoms with Crippen molar-refractivity contribution in [3.05, 3.63) is 63.8 Å². The van der Waals surface area contributed by atoms with E-state index in [1.54, 1.807) is 37.3 Å². The van der Waals surface area contributed by atoms with Crippen LogP contribution in [0, 0.1) is 18.3 Å². The summed E-state index contributed by atoms with van der Waals surface area (Å²) >= 11 is 12.1. The highest BCUT2D eigenvalue weighted by Crippen LogP contribution is 2.35. The van der Waals surface area contributed by atoms with Crippen molar-refractivity contribution < 1.29 is 9.84 Å². The van der Waals surface area contributed by atoms with Gasteiger partial charge < -0.3 is 9.84 Å². The second-order valence-corrected chi connectivity index (χ2v) is 6.46. The van der Waals surface area contributed by atoms with E-state index in [1.165, 1.54) is 7.11 Å². The Kier molecular flexibility index (Phi) is 5.03. The maximum absolute atomic E-state index is 9.79. The Balaban J connectivity index is 2.22. The molecular weight excluding hydrogens is 371 g/mol. The fraction of sp³-hybridized carbons (Fsp3) is 0.100. The molecule has 0 atom stereocenters. The molecule has 0 saturated heterocycles. The maximum atomic E-state index is 9.79. The van der Waals surface area contributed by atoms with Crippen molar-refractivity contribution in [3.8, 4) is 40.0 Å². The van der Waals surface area contributed by atoms with Gasteiger partial charge in [-0.25, -0.2) is 0 Å². The first-order chi connectivity index (χ1) is 12.4. The molecule has 130 valence electrons. The van der Waals surface area contributed by atoms with E-state index >= 15 is 0 Å². The van der Waals surface area contributed by atoms with Crippen LogP contribution < -0.4 is 4.74 Å². The van der Waals surface area contributed by atoms with E-state index in [0.717, 1.165) is 11.1 Å². The molecule has 1 heterocycles. The third-order valence-corrected chi connectivity index (χ3v) is 4.76. The SMILES string of the molecule is COc1cc(-c2cc(-c3ccc(Cl)c(Cl)c3)c(C#N)c(C)n2)ccc1O. The van der Waals surface area contributed by atoms with Gasteiger partial charge in [-0.15, -0.1) is 0 Å². The number of rotatable bonds is 3. The highest BCUT2D eigenvalue weighted by molar-refractivity contribution is 6.42. The number of pyridine rings is 1. The molecule has 3 aromatic rings. The summed E-state index contributed by atoms with van der Waals surface area (Å²) in [6, 6.07) is 14.2. The van der Waals surface area contributed by atoms with E-state index in [4.69, 9.17) is 27.9 Å². The Labute approximate surface area is 161 Å². The van der Waals surface area contributed by atoms with E-state index in [9.17, 15) is 10.4 Å². The van der Waals surface area contributed by atoms with Gasteiger partial charge in [0.1, 0.15) is 6.07 Å². The van der Waals surface area contributed by atoms with E-state index in [2.05, 4.69) is 11.1 Å². The number of benzene rings is 2. The average Bonchev–Trinajstić information content (AvgIpc) is 2.63. The predicted molar refractivity (Wildman–Crippen MR) is 103 cm³/mol. The first-order valence-electron chi connectivity index (χ1n) is 7.69. The zero-order chi connectivity index (χ0) is 18.8. The summed E-state index contributed by atoms with van der Waals surface area (Å²) < 4.78 is 5.16. The van der Waals surface area contributed by atoms with Crippen LogP contribution in [0.15, 0.2) is 42.5 Å². The van der Waals surface area contributed by atoms with Gasteiger partial charge in [0.05, 0.1) is 34.1 Å². The molecule has 0 fully saturated rings. The van der Waals surface area contributed by atoms with Crippen LogP contribution in [0.2, 0.25) is 10.0 Å².